The molecule has 8 heteroatoms. The van der Waals surface area contributed by atoms with Crippen molar-refractivity contribution in [2.45, 2.75) is 51.1 Å². The number of carbonyl (C=O) groups is 3. The van der Waals surface area contributed by atoms with Crippen LogP contribution in [0.1, 0.15) is 61.1 Å². The maximum Gasteiger partial charge on any atom is 0.277 e. The van der Waals surface area contributed by atoms with Crippen LogP contribution in [0.5, 0.6) is 0 Å². The standard InChI is InChI=1S/C28H29FN4O3/c1-19(34)31-23-14-16-24(17-15-23)33(28(36)25-9-5-6-18-30-25)26(20-10-12-21(29)13-11-20)27(35)32-22-7-3-2-4-8-22/h5-6,9-18,22,26H,2-4,7-8H2,1H3,(H,31,34)(H,32,35)/t26-/m1/s1. The third-order valence-corrected chi connectivity index (χ3v) is 6.21. The molecule has 3 amide bonds. The van der Waals surface area contributed by atoms with Gasteiger partial charge in [0.25, 0.3) is 5.91 Å². The van der Waals surface area contributed by atoms with Crippen molar-refractivity contribution in [2.75, 3.05) is 10.2 Å². The van der Waals surface area contributed by atoms with Gasteiger partial charge in [0.1, 0.15) is 17.6 Å². The quantitative estimate of drug-likeness (QED) is 0.489. The van der Waals surface area contributed by atoms with Crippen molar-refractivity contribution in [3.63, 3.8) is 0 Å². The van der Waals surface area contributed by atoms with Crippen molar-refractivity contribution in [1.82, 2.24) is 10.3 Å². The van der Waals surface area contributed by atoms with Crippen molar-refractivity contribution in [1.29, 1.82) is 0 Å². The van der Waals surface area contributed by atoms with Gasteiger partial charge >= 0.3 is 0 Å². The van der Waals surface area contributed by atoms with Crippen LogP contribution >= 0.6 is 0 Å². The Balaban J connectivity index is 1.78. The Kier molecular flexibility index (Phi) is 8.05. The Hall–Kier alpha value is -4.07. The number of rotatable bonds is 7. The summed E-state index contributed by atoms with van der Waals surface area (Å²) >= 11 is 0. The molecular formula is C28H29FN4O3. The highest BCUT2D eigenvalue weighted by Gasteiger charge is 2.35. The normalized spacial score (nSPS) is 14.5. The molecule has 1 fully saturated rings. The third-order valence-electron chi connectivity index (χ3n) is 6.21. The fourth-order valence-electron chi connectivity index (χ4n) is 4.49. The lowest BCUT2D eigenvalue weighted by atomic mass is 9.94. The lowest BCUT2D eigenvalue weighted by Gasteiger charge is -2.33. The van der Waals surface area contributed by atoms with E-state index in [0.717, 1.165) is 32.1 Å². The number of benzene rings is 2. The molecule has 2 aromatic carbocycles. The van der Waals surface area contributed by atoms with Crippen LogP contribution in [-0.2, 0) is 9.59 Å². The molecule has 1 heterocycles. The first-order valence-electron chi connectivity index (χ1n) is 12.1. The van der Waals surface area contributed by atoms with Gasteiger partial charge in [0.2, 0.25) is 11.8 Å². The fourth-order valence-corrected chi connectivity index (χ4v) is 4.49. The molecule has 36 heavy (non-hydrogen) atoms. The largest absolute Gasteiger partial charge is 0.351 e. The molecule has 0 unspecified atom stereocenters. The summed E-state index contributed by atoms with van der Waals surface area (Å²) in [4.78, 5) is 44.7. The number of hydrogen-bond acceptors (Lipinski definition) is 4. The summed E-state index contributed by atoms with van der Waals surface area (Å²) in [5.41, 5.74) is 1.63. The molecule has 1 aromatic heterocycles. The number of amides is 3. The highest BCUT2D eigenvalue weighted by Crippen LogP contribution is 2.31. The van der Waals surface area contributed by atoms with Crippen molar-refractivity contribution in [3.8, 4) is 0 Å². The zero-order valence-electron chi connectivity index (χ0n) is 20.1. The van der Waals surface area contributed by atoms with Gasteiger partial charge in [-0.1, -0.05) is 37.5 Å². The van der Waals surface area contributed by atoms with E-state index in [4.69, 9.17) is 0 Å². The van der Waals surface area contributed by atoms with Crippen LogP contribution in [0.2, 0.25) is 0 Å². The molecule has 0 aliphatic heterocycles. The summed E-state index contributed by atoms with van der Waals surface area (Å²) in [5.74, 6) is -1.48. The van der Waals surface area contributed by atoms with E-state index in [2.05, 4.69) is 15.6 Å². The van der Waals surface area contributed by atoms with Gasteiger partial charge < -0.3 is 10.6 Å². The van der Waals surface area contributed by atoms with Gasteiger partial charge in [-0.25, -0.2) is 4.39 Å². The number of aromatic nitrogens is 1. The van der Waals surface area contributed by atoms with Crippen LogP contribution in [0.4, 0.5) is 15.8 Å². The molecule has 1 saturated carbocycles. The first-order chi connectivity index (χ1) is 17.4. The van der Waals surface area contributed by atoms with E-state index in [0.29, 0.717) is 16.9 Å². The molecule has 7 nitrogen and oxygen atoms in total. The molecule has 0 bridgehead atoms. The van der Waals surface area contributed by atoms with Gasteiger partial charge in [-0.3, -0.25) is 24.3 Å². The smallest absolute Gasteiger partial charge is 0.277 e. The Bertz CT molecular complexity index is 1190. The van der Waals surface area contributed by atoms with Gasteiger partial charge in [0.05, 0.1) is 0 Å². The molecule has 186 valence electrons. The lowest BCUT2D eigenvalue weighted by Crippen LogP contribution is -2.47. The van der Waals surface area contributed by atoms with Crippen molar-refractivity contribution < 1.29 is 18.8 Å². The molecule has 1 aliphatic carbocycles. The number of pyridine rings is 1. The molecule has 3 aromatic rings. The second-order valence-corrected chi connectivity index (χ2v) is 8.92. The molecule has 0 saturated heterocycles. The second-order valence-electron chi connectivity index (χ2n) is 8.92. The number of anilines is 2. The molecule has 0 spiro atoms. The summed E-state index contributed by atoms with van der Waals surface area (Å²) in [6.45, 7) is 1.41. The van der Waals surface area contributed by atoms with E-state index in [1.54, 1.807) is 42.5 Å². The van der Waals surface area contributed by atoms with Crippen LogP contribution in [0.3, 0.4) is 0 Å². The minimum absolute atomic E-state index is 0.0168. The Morgan fingerprint density at radius 1 is 0.944 bits per heavy atom. The average Bonchev–Trinajstić information content (AvgIpc) is 2.89. The molecule has 2 N–H and O–H groups in total. The van der Waals surface area contributed by atoms with Gasteiger partial charge in [0, 0.05) is 30.5 Å². The van der Waals surface area contributed by atoms with E-state index < -0.39 is 17.8 Å². The average molecular weight is 489 g/mol. The Morgan fingerprint density at radius 3 is 2.25 bits per heavy atom. The third kappa shape index (κ3) is 6.13. The first-order valence-corrected chi connectivity index (χ1v) is 12.1. The van der Waals surface area contributed by atoms with Crippen molar-refractivity contribution in [3.05, 3.63) is 90.0 Å². The maximum atomic E-state index is 13.8. The molecule has 4 rings (SSSR count). The SMILES string of the molecule is CC(=O)Nc1ccc(N(C(=O)c2ccccn2)[C@@H](C(=O)NC2CCCCC2)c2ccc(F)cc2)cc1. The van der Waals surface area contributed by atoms with Crippen LogP contribution in [0.15, 0.2) is 72.9 Å². The summed E-state index contributed by atoms with van der Waals surface area (Å²) in [6, 6.07) is 16.2. The number of carbonyl (C=O) groups excluding carboxylic acids is 3. The van der Waals surface area contributed by atoms with Crippen LogP contribution in [0.25, 0.3) is 0 Å². The lowest BCUT2D eigenvalue weighted by molar-refractivity contribution is -0.123. The highest BCUT2D eigenvalue weighted by molar-refractivity contribution is 6.09. The van der Waals surface area contributed by atoms with E-state index in [-0.39, 0.29) is 23.6 Å². The molecule has 1 atom stereocenters. The highest BCUT2D eigenvalue weighted by atomic mass is 19.1. The minimum Gasteiger partial charge on any atom is -0.351 e. The van der Waals surface area contributed by atoms with Gasteiger partial charge in [-0.05, 0) is 66.9 Å². The summed E-state index contributed by atoms with van der Waals surface area (Å²) in [6.07, 6.45) is 6.47. The maximum absolute atomic E-state index is 13.8. The predicted octanol–water partition coefficient (Wildman–Crippen LogP) is 5.02. The number of nitrogens with zero attached hydrogens (tertiary/aromatic N) is 2. The van der Waals surface area contributed by atoms with Crippen LogP contribution in [-0.4, -0.2) is 28.7 Å². The van der Waals surface area contributed by atoms with E-state index in [1.165, 1.54) is 42.3 Å². The van der Waals surface area contributed by atoms with Gasteiger partial charge in [-0.2, -0.15) is 0 Å². The van der Waals surface area contributed by atoms with E-state index >= 15 is 0 Å². The predicted molar refractivity (Wildman–Crippen MR) is 136 cm³/mol. The van der Waals surface area contributed by atoms with Gasteiger partial charge in [0.15, 0.2) is 0 Å². The topological polar surface area (TPSA) is 91.4 Å². The summed E-state index contributed by atoms with van der Waals surface area (Å²) in [7, 11) is 0. The molecular weight excluding hydrogens is 459 g/mol. The van der Waals surface area contributed by atoms with Crippen LogP contribution in [0, 0.1) is 5.82 Å². The zero-order valence-corrected chi connectivity index (χ0v) is 20.1. The molecule has 0 radical (unpaired) electrons. The van der Waals surface area contributed by atoms with E-state index in [9.17, 15) is 18.8 Å². The first kappa shape index (κ1) is 25.0. The Labute approximate surface area is 209 Å². The fraction of sp³-hybridized carbons (Fsp3) is 0.286. The van der Waals surface area contributed by atoms with E-state index in [1.807, 2.05) is 0 Å². The number of hydrogen-bond donors (Lipinski definition) is 2. The minimum atomic E-state index is -1.06. The van der Waals surface area contributed by atoms with Crippen LogP contribution < -0.4 is 15.5 Å². The van der Waals surface area contributed by atoms with Crippen molar-refractivity contribution >= 4 is 29.1 Å². The monoisotopic (exact) mass is 488 g/mol. The second kappa shape index (κ2) is 11.6. The van der Waals surface area contributed by atoms with Gasteiger partial charge in [-0.15, -0.1) is 0 Å². The summed E-state index contributed by atoms with van der Waals surface area (Å²) < 4.78 is 13.8. The number of halogens is 1. The Morgan fingerprint density at radius 2 is 1.64 bits per heavy atom. The van der Waals surface area contributed by atoms with Crippen molar-refractivity contribution in [2.24, 2.45) is 0 Å². The summed E-state index contributed by atoms with van der Waals surface area (Å²) in [5, 5.41) is 5.82. The molecule has 1 aliphatic rings. The number of nitrogens with one attached hydrogen (secondary N) is 2. The zero-order chi connectivity index (χ0) is 25.5.